The Morgan fingerprint density at radius 3 is 2.48 bits per heavy atom. The van der Waals surface area contributed by atoms with Crippen LogP contribution in [0.15, 0.2) is 47.6 Å². The van der Waals surface area contributed by atoms with Crippen LogP contribution in [0.4, 0.5) is 18.9 Å². The summed E-state index contributed by atoms with van der Waals surface area (Å²) in [4.78, 5) is 16.9. The molecule has 7 nitrogen and oxygen atoms in total. The molecule has 154 valence electrons. The van der Waals surface area contributed by atoms with Crippen LogP contribution in [0, 0.1) is 0 Å². The van der Waals surface area contributed by atoms with E-state index in [0.29, 0.717) is 36.1 Å². The second-order valence-electron chi connectivity index (χ2n) is 5.93. The first kappa shape index (κ1) is 20.3. The lowest BCUT2D eigenvalue weighted by atomic mass is 10.1. The minimum Gasteiger partial charge on any atom is -0.486 e. The Hall–Kier alpha value is -3.43. The highest BCUT2D eigenvalue weighted by Crippen LogP contribution is 2.31. The molecule has 1 aliphatic rings. The van der Waals surface area contributed by atoms with Crippen LogP contribution < -0.4 is 19.5 Å². The number of hydrogen-bond donors (Lipinski definition) is 1. The van der Waals surface area contributed by atoms with Crippen molar-refractivity contribution in [1.82, 2.24) is 0 Å². The van der Waals surface area contributed by atoms with E-state index in [4.69, 9.17) is 14.3 Å². The molecular weight excluding hydrogens is 393 g/mol. The van der Waals surface area contributed by atoms with E-state index in [1.807, 2.05) is 0 Å². The van der Waals surface area contributed by atoms with Crippen molar-refractivity contribution in [3.8, 4) is 17.2 Å². The number of amides is 1. The van der Waals surface area contributed by atoms with E-state index in [1.54, 1.807) is 25.1 Å². The molecule has 1 heterocycles. The summed E-state index contributed by atoms with van der Waals surface area (Å²) in [5, 5.41) is 6.37. The lowest BCUT2D eigenvalue weighted by molar-refractivity contribution is -0.274. The number of ether oxygens (including phenoxy) is 3. The number of oxime groups is 1. The number of alkyl halides is 3. The van der Waals surface area contributed by atoms with Gasteiger partial charge < -0.3 is 24.4 Å². The van der Waals surface area contributed by atoms with E-state index in [-0.39, 0.29) is 12.4 Å². The Balaban J connectivity index is 1.50. The number of carbonyl (C=O) groups excluding carboxylic acids is 1. The average molecular weight is 410 g/mol. The predicted octanol–water partition coefficient (Wildman–Crippen LogP) is 3.74. The molecule has 0 aliphatic carbocycles. The Labute approximate surface area is 164 Å². The van der Waals surface area contributed by atoms with Gasteiger partial charge in [0.05, 0.1) is 5.71 Å². The van der Waals surface area contributed by atoms with Crippen molar-refractivity contribution in [2.75, 3.05) is 25.1 Å². The maximum atomic E-state index is 12.1. The summed E-state index contributed by atoms with van der Waals surface area (Å²) in [7, 11) is 0. The Kier molecular flexibility index (Phi) is 6.10. The molecule has 0 atom stereocenters. The summed E-state index contributed by atoms with van der Waals surface area (Å²) < 4.78 is 51.1. The van der Waals surface area contributed by atoms with Crippen molar-refractivity contribution in [2.45, 2.75) is 13.3 Å². The topological polar surface area (TPSA) is 78.4 Å². The molecule has 0 spiro atoms. The summed E-state index contributed by atoms with van der Waals surface area (Å²) in [6.45, 7) is 2.30. The van der Waals surface area contributed by atoms with Gasteiger partial charge in [0.2, 0.25) is 0 Å². The fraction of sp³-hybridized carbons (Fsp3) is 0.263. The standard InChI is InChI=1S/C19H17F3N2O5/c1-12(13-2-7-16-17(10-13)27-9-8-26-16)24-28-11-18(25)23-14-3-5-15(6-4-14)29-19(20,21)22/h2-7,10H,8-9,11H2,1H3,(H,23,25). The van der Waals surface area contributed by atoms with Crippen LogP contribution in [0.25, 0.3) is 0 Å². The fourth-order valence-electron chi connectivity index (χ4n) is 2.45. The van der Waals surface area contributed by atoms with Gasteiger partial charge in [-0.2, -0.15) is 0 Å². The van der Waals surface area contributed by atoms with Gasteiger partial charge in [0.15, 0.2) is 18.1 Å². The largest absolute Gasteiger partial charge is 0.573 e. The molecule has 0 saturated carbocycles. The van der Waals surface area contributed by atoms with Gasteiger partial charge >= 0.3 is 6.36 Å². The quantitative estimate of drug-likeness (QED) is 0.580. The first-order valence-corrected chi connectivity index (χ1v) is 8.52. The van der Waals surface area contributed by atoms with Gasteiger partial charge in [0.1, 0.15) is 19.0 Å². The monoisotopic (exact) mass is 410 g/mol. The van der Waals surface area contributed by atoms with Crippen LogP contribution in [0.2, 0.25) is 0 Å². The zero-order valence-electron chi connectivity index (χ0n) is 15.3. The van der Waals surface area contributed by atoms with Crippen LogP contribution in [0.5, 0.6) is 17.2 Å². The van der Waals surface area contributed by atoms with E-state index in [0.717, 1.165) is 17.7 Å². The third-order valence-corrected chi connectivity index (χ3v) is 3.73. The van der Waals surface area contributed by atoms with Crippen molar-refractivity contribution >= 4 is 17.3 Å². The van der Waals surface area contributed by atoms with Gasteiger partial charge in [-0.1, -0.05) is 5.16 Å². The lowest BCUT2D eigenvalue weighted by Crippen LogP contribution is -2.18. The number of carbonyl (C=O) groups is 1. The second-order valence-corrected chi connectivity index (χ2v) is 5.93. The van der Waals surface area contributed by atoms with Crippen LogP contribution in [0.3, 0.4) is 0 Å². The van der Waals surface area contributed by atoms with Crippen molar-refractivity contribution in [2.24, 2.45) is 5.16 Å². The normalized spacial score (nSPS) is 13.6. The van der Waals surface area contributed by atoms with Crippen LogP contribution in [-0.4, -0.2) is 37.8 Å². The number of rotatable bonds is 6. The zero-order chi connectivity index (χ0) is 20.9. The van der Waals surface area contributed by atoms with Gasteiger partial charge in [-0.3, -0.25) is 4.79 Å². The molecular formula is C19H17F3N2O5. The SMILES string of the molecule is CC(=NOCC(=O)Nc1ccc(OC(F)(F)F)cc1)c1ccc2c(c1)OCCO2. The Morgan fingerprint density at radius 1 is 1.10 bits per heavy atom. The molecule has 1 aliphatic heterocycles. The summed E-state index contributed by atoms with van der Waals surface area (Å²) in [6, 6.07) is 10.1. The summed E-state index contributed by atoms with van der Waals surface area (Å²) >= 11 is 0. The number of benzene rings is 2. The summed E-state index contributed by atoms with van der Waals surface area (Å²) in [5.41, 5.74) is 1.57. The highest BCUT2D eigenvalue weighted by molar-refractivity contribution is 5.99. The van der Waals surface area contributed by atoms with Gasteiger partial charge in [0, 0.05) is 11.3 Å². The molecule has 1 N–H and O–H groups in total. The van der Waals surface area contributed by atoms with Crippen LogP contribution in [-0.2, 0) is 9.63 Å². The highest BCUT2D eigenvalue weighted by atomic mass is 19.4. The van der Waals surface area contributed by atoms with Crippen molar-refractivity contribution in [1.29, 1.82) is 0 Å². The number of anilines is 1. The van der Waals surface area contributed by atoms with Crippen LogP contribution >= 0.6 is 0 Å². The molecule has 10 heteroatoms. The van der Waals surface area contributed by atoms with Gasteiger partial charge in [-0.15, -0.1) is 13.2 Å². The molecule has 0 saturated heterocycles. The van der Waals surface area contributed by atoms with Crippen molar-refractivity contribution in [3.63, 3.8) is 0 Å². The van der Waals surface area contributed by atoms with E-state index in [2.05, 4.69) is 15.2 Å². The maximum absolute atomic E-state index is 12.1. The van der Waals surface area contributed by atoms with Crippen molar-refractivity contribution in [3.05, 3.63) is 48.0 Å². The molecule has 29 heavy (non-hydrogen) atoms. The zero-order valence-corrected chi connectivity index (χ0v) is 15.3. The van der Waals surface area contributed by atoms with E-state index >= 15 is 0 Å². The Morgan fingerprint density at radius 2 is 1.79 bits per heavy atom. The third-order valence-electron chi connectivity index (χ3n) is 3.73. The minimum atomic E-state index is -4.77. The van der Waals surface area contributed by atoms with Crippen molar-refractivity contribution < 1.29 is 37.0 Å². The number of nitrogens with zero attached hydrogens (tertiary/aromatic N) is 1. The molecule has 0 unspecified atom stereocenters. The highest BCUT2D eigenvalue weighted by Gasteiger charge is 2.30. The summed E-state index contributed by atoms with van der Waals surface area (Å²) in [5.74, 6) is 0.360. The molecule has 0 bridgehead atoms. The molecule has 0 radical (unpaired) electrons. The smallest absolute Gasteiger partial charge is 0.486 e. The van der Waals surface area contributed by atoms with E-state index in [1.165, 1.54) is 12.1 Å². The van der Waals surface area contributed by atoms with E-state index < -0.39 is 12.3 Å². The number of hydrogen-bond acceptors (Lipinski definition) is 6. The molecule has 2 aromatic carbocycles. The predicted molar refractivity (Wildman–Crippen MR) is 97.3 cm³/mol. The van der Waals surface area contributed by atoms with Gasteiger partial charge in [0.25, 0.3) is 5.91 Å². The minimum absolute atomic E-state index is 0.292. The maximum Gasteiger partial charge on any atom is 0.573 e. The van der Waals surface area contributed by atoms with Gasteiger partial charge in [-0.25, -0.2) is 0 Å². The molecule has 1 amide bonds. The number of fused-ring (bicyclic) bond motifs is 1. The van der Waals surface area contributed by atoms with E-state index in [9.17, 15) is 18.0 Å². The second kappa shape index (κ2) is 8.72. The number of halogens is 3. The molecule has 0 fully saturated rings. The van der Waals surface area contributed by atoms with Crippen LogP contribution in [0.1, 0.15) is 12.5 Å². The first-order chi connectivity index (χ1) is 13.8. The lowest BCUT2D eigenvalue weighted by Gasteiger charge is -2.18. The average Bonchev–Trinajstić information content (AvgIpc) is 2.68. The Bertz CT molecular complexity index is 898. The fourth-order valence-corrected chi connectivity index (χ4v) is 2.45. The first-order valence-electron chi connectivity index (χ1n) is 8.52. The van der Waals surface area contributed by atoms with Gasteiger partial charge in [-0.05, 0) is 49.4 Å². The molecule has 3 rings (SSSR count). The molecule has 2 aromatic rings. The molecule has 0 aromatic heterocycles. The summed E-state index contributed by atoms with van der Waals surface area (Å²) in [6.07, 6.45) is -4.77. The number of nitrogens with one attached hydrogen (secondary N) is 1. The third kappa shape index (κ3) is 6.03.